The first-order chi connectivity index (χ1) is 29.0. The Labute approximate surface area is 365 Å². The first kappa shape index (κ1) is 56.6. The Hall–Kier alpha value is -2.44. The molecule has 0 aromatic heterocycles. The number of hydrogen-bond acceptors (Lipinski definition) is 5. The van der Waals surface area contributed by atoms with Gasteiger partial charge in [-0.15, -0.1) is 0 Å². The molecule has 0 aliphatic carbocycles. The monoisotopic (exact) mass is 826 g/mol. The number of carbonyl (C=O) groups excluding carboxylic acids is 2. The number of ether oxygens (including phenoxy) is 1. The summed E-state index contributed by atoms with van der Waals surface area (Å²) in [6.07, 6.45) is 57.2. The molecule has 0 aliphatic rings. The summed E-state index contributed by atoms with van der Waals surface area (Å²) in [4.78, 5) is 26.0. The number of rotatable bonds is 44. The smallest absolute Gasteiger partial charge is 0.306 e. The Bertz CT molecular complexity index is 1060. The predicted molar refractivity (Wildman–Crippen MR) is 255 cm³/mol. The fourth-order valence-corrected chi connectivity index (χ4v) is 7.23. The fraction of sp³-hybridized carbons (Fsp3) is 0.774. The van der Waals surface area contributed by atoms with E-state index in [9.17, 15) is 19.8 Å². The molecule has 0 aliphatic heterocycles. The minimum atomic E-state index is -0.812. The van der Waals surface area contributed by atoms with Crippen molar-refractivity contribution in [1.29, 1.82) is 0 Å². The first-order valence-corrected chi connectivity index (χ1v) is 25.0. The van der Waals surface area contributed by atoms with Crippen molar-refractivity contribution in [2.75, 3.05) is 6.61 Å². The van der Waals surface area contributed by atoms with Crippen molar-refractivity contribution >= 4 is 11.9 Å². The van der Waals surface area contributed by atoms with Crippen LogP contribution in [0.4, 0.5) is 0 Å². The summed E-state index contributed by atoms with van der Waals surface area (Å²) >= 11 is 0. The second-order valence-corrected chi connectivity index (χ2v) is 16.9. The minimum Gasteiger partial charge on any atom is -0.461 e. The molecule has 0 saturated heterocycles. The molecule has 3 unspecified atom stereocenters. The molecule has 0 radical (unpaired) electrons. The van der Waals surface area contributed by atoms with E-state index >= 15 is 0 Å². The molecular formula is C53H95NO5. The topological polar surface area (TPSA) is 95.9 Å². The number of unbranched alkanes of at least 4 members (excludes halogenated alkanes) is 23. The molecule has 0 aromatic carbocycles. The van der Waals surface area contributed by atoms with Crippen molar-refractivity contribution in [3.05, 3.63) is 60.8 Å². The van der Waals surface area contributed by atoms with E-state index in [1.807, 2.05) is 12.2 Å². The highest BCUT2D eigenvalue weighted by atomic mass is 16.5. The third-order valence-corrected chi connectivity index (χ3v) is 11.1. The number of aliphatic hydroxyl groups is 2. The van der Waals surface area contributed by atoms with Gasteiger partial charge in [-0.3, -0.25) is 9.59 Å². The van der Waals surface area contributed by atoms with E-state index in [1.165, 1.54) is 128 Å². The van der Waals surface area contributed by atoms with Gasteiger partial charge in [-0.1, -0.05) is 210 Å². The summed E-state index contributed by atoms with van der Waals surface area (Å²) in [6.45, 7) is 6.40. The lowest BCUT2D eigenvalue weighted by atomic mass is 10.0. The van der Waals surface area contributed by atoms with E-state index in [1.54, 1.807) is 0 Å². The number of carbonyl (C=O) groups is 2. The molecule has 59 heavy (non-hydrogen) atoms. The van der Waals surface area contributed by atoms with Crippen LogP contribution in [0.25, 0.3) is 0 Å². The van der Waals surface area contributed by atoms with Crippen molar-refractivity contribution in [3.63, 3.8) is 0 Å². The van der Waals surface area contributed by atoms with Crippen molar-refractivity contribution in [1.82, 2.24) is 5.32 Å². The zero-order valence-electron chi connectivity index (χ0n) is 38.9. The van der Waals surface area contributed by atoms with Crippen LogP contribution in [-0.2, 0) is 14.3 Å². The summed E-state index contributed by atoms with van der Waals surface area (Å²) in [5.74, 6) is -0.587. The van der Waals surface area contributed by atoms with Gasteiger partial charge in [0.05, 0.1) is 25.2 Å². The average Bonchev–Trinajstić information content (AvgIpc) is 3.23. The lowest BCUT2D eigenvalue weighted by Gasteiger charge is -2.24. The van der Waals surface area contributed by atoms with Crippen molar-refractivity contribution in [2.24, 2.45) is 0 Å². The Kier molecular flexibility index (Phi) is 44.7. The van der Waals surface area contributed by atoms with Gasteiger partial charge >= 0.3 is 5.97 Å². The quantitative estimate of drug-likeness (QED) is 0.0323. The average molecular weight is 826 g/mol. The maximum absolute atomic E-state index is 13.2. The van der Waals surface area contributed by atoms with E-state index in [-0.39, 0.29) is 24.9 Å². The van der Waals surface area contributed by atoms with Crippen LogP contribution < -0.4 is 5.32 Å². The van der Waals surface area contributed by atoms with E-state index < -0.39 is 18.2 Å². The van der Waals surface area contributed by atoms with Crippen molar-refractivity contribution in [2.45, 2.75) is 257 Å². The van der Waals surface area contributed by atoms with Crippen LogP contribution >= 0.6 is 0 Å². The fourth-order valence-electron chi connectivity index (χ4n) is 7.23. The zero-order chi connectivity index (χ0) is 43.1. The second-order valence-electron chi connectivity index (χ2n) is 16.9. The van der Waals surface area contributed by atoms with Crippen LogP contribution in [0, 0.1) is 0 Å². The molecule has 3 atom stereocenters. The second kappa shape index (κ2) is 46.6. The standard InChI is InChI=1S/C53H95NO5/c1-4-7-10-13-16-19-22-25-26-28-29-32-35-38-41-44-49(59-53(58)46-43-40-37-34-31-24-21-18-15-12-9-6-3)47-52(57)54-50(48-55)51(56)45-42-39-36-33-30-27-23-20-17-14-11-8-5-2/h16,18-19,21,25-26,29,32,38,41,49-51,55-56H,4-15,17,20,22-24,27-28,30-31,33-37,39-40,42-48H2,1-3H3,(H,54,57)/b19-16-,21-18-,26-25-,32-29-,41-38-. The molecule has 342 valence electrons. The van der Waals surface area contributed by atoms with Gasteiger partial charge in [0, 0.05) is 12.8 Å². The molecule has 0 aromatic rings. The van der Waals surface area contributed by atoms with Gasteiger partial charge in [0.15, 0.2) is 0 Å². The summed E-state index contributed by atoms with van der Waals surface area (Å²) in [5.41, 5.74) is 0. The highest BCUT2D eigenvalue weighted by molar-refractivity contribution is 5.77. The molecule has 0 heterocycles. The molecule has 1 amide bonds. The SMILES string of the molecule is CCCCC/C=C\C/C=C\C/C=C\C/C=C\CC(CC(=O)NC(CO)C(O)CCCCCCCCCCCCCCC)OC(=O)CCCCCCC/C=C\CCCCC. The Morgan fingerprint density at radius 2 is 0.898 bits per heavy atom. The van der Waals surface area contributed by atoms with Gasteiger partial charge in [-0.2, -0.15) is 0 Å². The van der Waals surface area contributed by atoms with Gasteiger partial charge < -0.3 is 20.3 Å². The summed E-state index contributed by atoms with van der Waals surface area (Å²) in [5, 5.41) is 23.7. The zero-order valence-corrected chi connectivity index (χ0v) is 38.9. The normalized spacial score (nSPS) is 13.8. The van der Waals surface area contributed by atoms with Crippen LogP contribution in [0.5, 0.6) is 0 Å². The molecule has 3 N–H and O–H groups in total. The van der Waals surface area contributed by atoms with Crippen molar-refractivity contribution < 1.29 is 24.5 Å². The third-order valence-electron chi connectivity index (χ3n) is 11.1. The molecule has 0 saturated carbocycles. The van der Waals surface area contributed by atoms with Gasteiger partial charge in [-0.25, -0.2) is 0 Å². The minimum absolute atomic E-state index is 0.00230. The van der Waals surface area contributed by atoms with Crippen LogP contribution in [0.2, 0.25) is 0 Å². The van der Waals surface area contributed by atoms with Crippen LogP contribution in [0.1, 0.15) is 239 Å². The Balaban J connectivity index is 4.73. The van der Waals surface area contributed by atoms with E-state index in [4.69, 9.17) is 4.74 Å². The number of aliphatic hydroxyl groups excluding tert-OH is 2. The number of hydrogen-bond donors (Lipinski definition) is 3. The first-order valence-electron chi connectivity index (χ1n) is 25.0. The number of allylic oxidation sites excluding steroid dienone is 9. The van der Waals surface area contributed by atoms with Gasteiger partial charge in [0.25, 0.3) is 0 Å². The van der Waals surface area contributed by atoms with Crippen LogP contribution in [-0.4, -0.2) is 46.9 Å². The molecular weight excluding hydrogens is 731 g/mol. The molecule has 6 nitrogen and oxygen atoms in total. The van der Waals surface area contributed by atoms with Gasteiger partial charge in [-0.05, 0) is 70.6 Å². The van der Waals surface area contributed by atoms with Gasteiger partial charge in [0.1, 0.15) is 6.10 Å². The van der Waals surface area contributed by atoms with Crippen molar-refractivity contribution in [3.8, 4) is 0 Å². The van der Waals surface area contributed by atoms with Gasteiger partial charge in [0.2, 0.25) is 5.91 Å². The highest BCUT2D eigenvalue weighted by Gasteiger charge is 2.23. The predicted octanol–water partition coefficient (Wildman–Crippen LogP) is 14.8. The highest BCUT2D eigenvalue weighted by Crippen LogP contribution is 2.16. The molecule has 0 bridgehead atoms. The molecule has 0 rings (SSSR count). The number of nitrogens with one attached hydrogen (secondary N) is 1. The summed E-state index contributed by atoms with van der Waals surface area (Å²) in [6, 6.07) is -0.732. The van der Waals surface area contributed by atoms with Crippen LogP contribution in [0.15, 0.2) is 60.8 Å². The summed E-state index contributed by atoms with van der Waals surface area (Å²) in [7, 11) is 0. The summed E-state index contributed by atoms with van der Waals surface area (Å²) < 4.78 is 5.85. The van der Waals surface area contributed by atoms with E-state index in [0.717, 1.165) is 64.2 Å². The Morgan fingerprint density at radius 3 is 1.41 bits per heavy atom. The van der Waals surface area contributed by atoms with Crippen LogP contribution in [0.3, 0.4) is 0 Å². The lowest BCUT2D eigenvalue weighted by molar-refractivity contribution is -0.150. The Morgan fingerprint density at radius 1 is 0.508 bits per heavy atom. The third kappa shape index (κ3) is 42.1. The maximum Gasteiger partial charge on any atom is 0.306 e. The number of amides is 1. The largest absolute Gasteiger partial charge is 0.461 e. The molecule has 6 heteroatoms. The molecule has 0 spiro atoms. The number of esters is 1. The lowest BCUT2D eigenvalue weighted by Crippen LogP contribution is -2.46. The van der Waals surface area contributed by atoms with E-state index in [0.29, 0.717) is 19.3 Å². The van der Waals surface area contributed by atoms with E-state index in [2.05, 4.69) is 74.7 Å². The molecule has 0 fully saturated rings. The maximum atomic E-state index is 13.2.